The first-order valence-electron chi connectivity index (χ1n) is 9.51. The average molecular weight is 383 g/mol. The maximum atomic E-state index is 12.9. The number of carbonyl (C=O) groups excluding carboxylic acids is 1. The topological polar surface area (TPSA) is 71.9 Å². The van der Waals surface area contributed by atoms with Crippen LogP contribution in [0.25, 0.3) is 0 Å². The largest absolute Gasteiger partial charge is 0.473 e. The van der Waals surface area contributed by atoms with Crippen molar-refractivity contribution in [3.63, 3.8) is 0 Å². The number of nitrogens with zero attached hydrogens (tertiary/aromatic N) is 2. The monoisotopic (exact) mass is 382 g/mol. The van der Waals surface area contributed by atoms with Crippen LogP contribution in [0.5, 0.6) is 5.88 Å². The Hall–Kier alpha value is -1.37. The van der Waals surface area contributed by atoms with Crippen LogP contribution < -0.4 is 4.74 Å². The van der Waals surface area contributed by atoms with Gasteiger partial charge in [0, 0.05) is 31.6 Å². The molecule has 1 aliphatic carbocycles. The lowest BCUT2D eigenvalue weighted by atomic mass is 9.93. The standard InChI is InChI=1S/C19H27ClN2O4/c20-17-12-14(13-21-18(17)26-16-6-10-25-11-7-16)19(24)22(8-9-23)15-4-2-1-3-5-15/h12-13,15-16,23H,1-11H2. The summed E-state index contributed by atoms with van der Waals surface area (Å²) in [6.07, 6.45) is 8.61. The normalized spacial score (nSPS) is 19.3. The van der Waals surface area contributed by atoms with Crippen molar-refractivity contribution in [1.29, 1.82) is 0 Å². The Morgan fingerprint density at radius 2 is 2.00 bits per heavy atom. The van der Waals surface area contributed by atoms with Crippen LogP contribution in [0, 0.1) is 0 Å². The minimum atomic E-state index is -0.127. The fraction of sp³-hybridized carbons (Fsp3) is 0.684. The summed E-state index contributed by atoms with van der Waals surface area (Å²) in [4.78, 5) is 19.0. The molecule has 1 N–H and O–H groups in total. The summed E-state index contributed by atoms with van der Waals surface area (Å²) in [5, 5.41) is 9.72. The molecular formula is C19H27ClN2O4. The molecule has 1 saturated carbocycles. The van der Waals surface area contributed by atoms with Gasteiger partial charge in [-0.1, -0.05) is 30.9 Å². The third-order valence-corrected chi connectivity index (χ3v) is 5.39. The summed E-state index contributed by atoms with van der Waals surface area (Å²) >= 11 is 6.32. The van der Waals surface area contributed by atoms with E-state index in [4.69, 9.17) is 21.1 Å². The van der Waals surface area contributed by atoms with Crippen LogP contribution in [-0.2, 0) is 4.74 Å². The first kappa shape index (κ1) is 19.4. The van der Waals surface area contributed by atoms with Crippen LogP contribution >= 0.6 is 11.6 Å². The van der Waals surface area contributed by atoms with Gasteiger partial charge in [-0.25, -0.2) is 4.98 Å². The molecule has 144 valence electrons. The van der Waals surface area contributed by atoms with Gasteiger partial charge in [0.2, 0.25) is 5.88 Å². The fourth-order valence-corrected chi connectivity index (χ4v) is 3.91. The molecule has 1 aliphatic heterocycles. The molecular weight excluding hydrogens is 356 g/mol. The Morgan fingerprint density at radius 1 is 1.27 bits per heavy atom. The van der Waals surface area contributed by atoms with Crippen LogP contribution in [0.1, 0.15) is 55.3 Å². The van der Waals surface area contributed by atoms with E-state index < -0.39 is 0 Å². The number of aliphatic hydroxyl groups is 1. The summed E-state index contributed by atoms with van der Waals surface area (Å²) in [5.41, 5.74) is 0.438. The van der Waals surface area contributed by atoms with Crippen LogP contribution in [0.4, 0.5) is 0 Å². The predicted molar refractivity (Wildman–Crippen MR) is 98.7 cm³/mol. The molecule has 1 aromatic rings. The molecule has 0 atom stereocenters. The average Bonchev–Trinajstić information content (AvgIpc) is 2.68. The number of carbonyl (C=O) groups is 1. The molecule has 0 aromatic carbocycles. The minimum Gasteiger partial charge on any atom is -0.473 e. The maximum absolute atomic E-state index is 12.9. The molecule has 2 aliphatic rings. The van der Waals surface area contributed by atoms with Crippen molar-refractivity contribution in [2.45, 2.75) is 57.1 Å². The van der Waals surface area contributed by atoms with Gasteiger partial charge < -0.3 is 19.5 Å². The first-order valence-corrected chi connectivity index (χ1v) is 9.88. The third-order valence-electron chi connectivity index (χ3n) is 5.12. The maximum Gasteiger partial charge on any atom is 0.255 e. The molecule has 7 heteroatoms. The number of rotatable bonds is 6. The van der Waals surface area contributed by atoms with Crippen molar-refractivity contribution in [3.05, 3.63) is 22.8 Å². The van der Waals surface area contributed by atoms with Gasteiger partial charge in [-0.15, -0.1) is 0 Å². The first-order chi connectivity index (χ1) is 12.7. The zero-order valence-electron chi connectivity index (χ0n) is 15.0. The Labute approximate surface area is 159 Å². The zero-order chi connectivity index (χ0) is 18.4. The number of pyridine rings is 1. The second-order valence-corrected chi connectivity index (χ2v) is 7.36. The van der Waals surface area contributed by atoms with Crippen molar-refractivity contribution in [1.82, 2.24) is 9.88 Å². The molecule has 1 aromatic heterocycles. The molecule has 2 fully saturated rings. The number of ether oxygens (including phenoxy) is 2. The number of amides is 1. The number of aromatic nitrogens is 1. The quantitative estimate of drug-likeness (QED) is 0.818. The summed E-state index contributed by atoms with van der Waals surface area (Å²) in [6, 6.07) is 1.80. The van der Waals surface area contributed by atoms with Gasteiger partial charge in [0.05, 0.1) is 25.4 Å². The van der Waals surface area contributed by atoms with Crippen molar-refractivity contribution in [3.8, 4) is 5.88 Å². The van der Waals surface area contributed by atoms with E-state index in [2.05, 4.69) is 4.98 Å². The Balaban J connectivity index is 1.70. The SMILES string of the molecule is O=C(c1cnc(OC2CCOCC2)c(Cl)c1)N(CCO)C1CCCCC1. The highest BCUT2D eigenvalue weighted by atomic mass is 35.5. The van der Waals surface area contributed by atoms with Crippen molar-refractivity contribution in [2.75, 3.05) is 26.4 Å². The molecule has 0 bridgehead atoms. The van der Waals surface area contributed by atoms with Gasteiger partial charge in [0.1, 0.15) is 11.1 Å². The third kappa shape index (κ3) is 4.87. The van der Waals surface area contributed by atoms with E-state index in [-0.39, 0.29) is 24.7 Å². The van der Waals surface area contributed by atoms with Crippen LogP contribution in [0.15, 0.2) is 12.3 Å². The highest BCUT2D eigenvalue weighted by molar-refractivity contribution is 6.32. The van der Waals surface area contributed by atoms with E-state index in [0.717, 1.165) is 38.5 Å². The molecule has 0 unspecified atom stereocenters. The second-order valence-electron chi connectivity index (χ2n) is 6.95. The van der Waals surface area contributed by atoms with Crippen LogP contribution in [0.3, 0.4) is 0 Å². The number of hydrogen-bond acceptors (Lipinski definition) is 5. The van der Waals surface area contributed by atoms with Gasteiger partial charge in [-0.05, 0) is 18.9 Å². The molecule has 1 saturated heterocycles. The molecule has 0 radical (unpaired) electrons. The number of hydrogen-bond donors (Lipinski definition) is 1. The molecule has 26 heavy (non-hydrogen) atoms. The lowest BCUT2D eigenvalue weighted by Gasteiger charge is -2.34. The predicted octanol–water partition coefficient (Wildman–Crippen LogP) is 3.06. The van der Waals surface area contributed by atoms with E-state index in [1.807, 2.05) is 0 Å². The summed E-state index contributed by atoms with van der Waals surface area (Å²) in [5.74, 6) is 0.236. The highest BCUT2D eigenvalue weighted by Gasteiger charge is 2.27. The van der Waals surface area contributed by atoms with Gasteiger partial charge >= 0.3 is 0 Å². The van der Waals surface area contributed by atoms with Gasteiger partial charge in [-0.3, -0.25) is 4.79 Å². The Kier molecular flexibility index (Phi) is 7.11. The second kappa shape index (κ2) is 9.53. The lowest BCUT2D eigenvalue weighted by Crippen LogP contribution is -2.43. The summed E-state index contributed by atoms with van der Waals surface area (Å²) in [7, 11) is 0. The van der Waals surface area contributed by atoms with E-state index in [1.165, 1.54) is 12.6 Å². The molecule has 3 rings (SSSR count). The van der Waals surface area contributed by atoms with E-state index in [1.54, 1.807) is 11.0 Å². The molecule has 6 nitrogen and oxygen atoms in total. The highest BCUT2D eigenvalue weighted by Crippen LogP contribution is 2.28. The van der Waals surface area contributed by atoms with E-state index >= 15 is 0 Å². The minimum absolute atomic E-state index is 0.0448. The van der Waals surface area contributed by atoms with Crippen molar-refractivity contribution >= 4 is 17.5 Å². The summed E-state index contributed by atoms with van der Waals surface area (Å²) < 4.78 is 11.2. The van der Waals surface area contributed by atoms with Crippen LogP contribution in [-0.4, -0.2) is 59.4 Å². The van der Waals surface area contributed by atoms with Crippen molar-refractivity contribution < 1.29 is 19.4 Å². The van der Waals surface area contributed by atoms with E-state index in [9.17, 15) is 9.90 Å². The lowest BCUT2D eigenvalue weighted by molar-refractivity contribution is 0.0237. The van der Waals surface area contributed by atoms with Crippen molar-refractivity contribution in [2.24, 2.45) is 0 Å². The van der Waals surface area contributed by atoms with Gasteiger partial charge in [0.15, 0.2) is 0 Å². The summed E-state index contributed by atoms with van der Waals surface area (Å²) in [6.45, 7) is 1.64. The van der Waals surface area contributed by atoms with Gasteiger partial charge in [0.25, 0.3) is 5.91 Å². The van der Waals surface area contributed by atoms with Gasteiger partial charge in [-0.2, -0.15) is 0 Å². The Bertz CT molecular complexity index is 601. The number of halogens is 1. The fourth-order valence-electron chi connectivity index (χ4n) is 3.70. The molecule has 0 spiro atoms. The molecule has 2 heterocycles. The zero-order valence-corrected chi connectivity index (χ0v) is 15.8. The smallest absolute Gasteiger partial charge is 0.255 e. The molecule has 1 amide bonds. The Morgan fingerprint density at radius 3 is 2.65 bits per heavy atom. The van der Waals surface area contributed by atoms with E-state index in [0.29, 0.717) is 36.2 Å². The van der Waals surface area contributed by atoms with Crippen LogP contribution in [0.2, 0.25) is 5.02 Å². The number of aliphatic hydroxyl groups excluding tert-OH is 1.